The SMILES string of the molecule is C[SiH]1O[SiH](C)O[Si](C)(CCCOC2CCC(OCC3CO3)CC2)O[SiH](C)O1. The fourth-order valence-electron chi connectivity index (χ4n) is 3.89. The smallest absolute Gasteiger partial charge is 0.317 e. The van der Waals surface area contributed by atoms with Crippen LogP contribution < -0.4 is 0 Å². The molecular weight excluding hydrogens is 417 g/mol. The van der Waals surface area contributed by atoms with Crippen LogP contribution in [0.3, 0.4) is 0 Å². The second kappa shape index (κ2) is 10.6. The minimum absolute atomic E-state index is 0.361. The summed E-state index contributed by atoms with van der Waals surface area (Å²) in [6.07, 6.45) is 6.48. The molecule has 3 fully saturated rings. The molecule has 7 nitrogen and oxygen atoms in total. The van der Waals surface area contributed by atoms with E-state index in [1.807, 2.05) is 0 Å². The summed E-state index contributed by atoms with van der Waals surface area (Å²) >= 11 is 0. The lowest BCUT2D eigenvalue weighted by Crippen LogP contribution is -2.53. The molecule has 3 rings (SSSR count). The van der Waals surface area contributed by atoms with Crippen molar-refractivity contribution in [3.63, 3.8) is 0 Å². The Balaban J connectivity index is 1.30. The van der Waals surface area contributed by atoms with E-state index in [-0.39, 0.29) is 0 Å². The molecule has 3 aliphatic rings. The molecule has 3 unspecified atom stereocenters. The molecule has 0 radical (unpaired) electrons. The van der Waals surface area contributed by atoms with E-state index >= 15 is 0 Å². The first kappa shape index (κ1) is 22.3. The maximum absolute atomic E-state index is 6.32. The van der Waals surface area contributed by atoms with Crippen molar-refractivity contribution in [1.29, 1.82) is 0 Å². The van der Waals surface area contributed by atoms with Crippen molar-refractivity contribution < 1.29 is 30.7 Å². The van der Waals surface area contributed by atoms with Crippen molar-refractivity contribution in [3.8, 4) is 0 Å². The average molecular weight is 453 g/mol. The molecule has 0 aromatic heterocycles. The lowest BCUT2D eigenvalue weighted by Gasteiger charge is -2.37. The highest BCUT2D eigenvalue weighted by molar-refractivity contribution is 6.81. The lowest BCUT2D eigenvalue weighted by molar-refractivity contribution is -0.0342. The average Bonchev–Trinajstić information content (AvgIpc) is 3.40. The van der Waals surface area contributed by atoms with Crippen LogP contribution in [0.2, 0.25) is 32.2 Å². The van der Waals surface area contributed by atoms with Crippen LogP contribution in [0.1, 0.15) is 32.1 Å². The molecule has 1 saturated carbocycles. The third-order valence-corrected chi connectivity index (χ3v) is 19.3. The van der Waals surface area contributed by atoms with Gasteiger partial charge in [0, 0.05) is 6.61 Å². The molecule has 0 spiro atoms. The third kappa shape index (κ3) is 8.09. The van der Waals surface area contributed by atoms with Crippen molar-refractivity contribution in [2.24, 2.45) is 0 Å². The molecule has 2 saturated heterocycles. The zero-order valence-electron chi connectivity index (χ0n) is 17.2. The molecule has 27 heavy (non-hydrogen) atoms. The molecule has 1 aliphatic carbocycles. The Labute approximate surface area is 169 Å². The standard InChI is InChI=1S/C16H36O7Si4/c1-24-20-25(2)22-27(4,23-26(3)21-24)11-5-10-17-14-6-8-15(9-7-14)18-12-16-13-19-16/h14-16,24-26H,5-13H2,1-4H3. The topological polar surface area (TPSA) is 67.9 Å². The Hall–Kier alpha value is 0.588. The maximum Gasteiger partial charge on any atom is 0.317 e. The van der Waals surface area contributed by atoms with Crippen molar-refractivity contribution >= 4 is 36.4 Å². The molecule has 2 aliphatic heterocycles. The van der Waals surface area contributed by atoms with Gasteiger partial charge in [0.25, 0.3) is 27.9 Å². The van der Waals surface area contributed by atoms with Gasteiger partial charge in [-0.1, -0.05) is 0 Å². The lowest BCUT2D eigenvalue weighted by atomic mass is 9.95. The van der Waals surface area contributed by atoms with Crippen LogP contribution in [0.5, 0.6) is 0 Å². The van der Waals surface area contributed by atoms with E-state index in [1.165, 1.54) is 0 Å². The fourth-order valence-corrected chi connectivity index (χ4v) is 18.6. The predicted molar refractivity (Wildman–Crippen MR) is 112 cm³/mol. The van der Waals surface area contributed by atoms with Crippen molar-refractivity contribution in [2.75, 3.05) is 19.8 Å². The first-order valence-electron chi connectivity index (χ1n) is 10.4. The van der Waals surface area contributed by atoms with Gasteiger partial charge < -0.3 is 30.7 Å². The normalized spacial score (nSPS) is 43.1. The van der Waals surface area contributed by atoms with Gasteiger partial charge in [0.2, 0.25) is 0 Å². The van der Waals surface area contributed by atoms with Gasteiger partial charge in [0.05, 0.1) is 25.4 Å². The van der Waals surface area contributed by atoms with Gasteiger partial charge in [-0.3, -0.25) is 0 Å². The summed E-state index contributed by atoms with van der Waals surface area (Å²) in [5.41, 5.74) is 0. The van der Waals surface area contributed by atoms with Crippen molar-refractivity contribution in [1.82, 2.24) is 0 Å². The van der Waals surface area contributed by atoms with Crippen LogP contribution in [0.25, 0.3) is 0 Å². The molecular formula is C16H36O7Si4. The minimum atomic E-state index is -2.20. The summed E-state index contributed by atoms with van der Waals surface area (Å²) in [6, 6.07) is 0.949. The van der Waals surface area contributed by atoms with Crippen molar-refractivity contribution in [3.05, 3.63) is 0 Å². The summed E-state index contributed by atoms with van der Waals surface area (Å²) in [7, 11) is -7.04. The Kier molecular flexibility index (Phi) is 8.72. The van der Waals surface area contributed by atoms with Crippen LogP contribution in [-0.2, 0) is 30.7 Å². The van der Waals surface area contributed by atoms with Crippen LogP contribution >= 0.6 is 0 Å². The van der Waals surface area contributed by atoms with Crippen LogP contribution in [0, 0.1) is 0 Å². The summed E-state index contributed by atoms with van der Waals surface area (Å²) in [5.74, 6) is 0. The molecule has 0 amide bonds. The van der Waals surface area contributed by atoms with Crippen LogP contribution in [0.15, 0.2) is 0 Å². The Morgan fingerprint density at radius 3 is 2.00 bits per heavy atom. The van der Waals surface area contributed by atoms with Gasteiger partial charge in [-0.2, -0.15) is 0 Å². The fraction of sp³-hybridized carbons (Fsp3) is 1.00. The molecule has 0 bridgehead atoms. The van der Waals surface area contributed by atoms with Gasteiger partial charge in [-0.05, 0) is 64.3 Å². The van der Waals surface area contributed by atoms with E-state index < -0.39 is 36.4 Å². The maximum atomic E-state index is 6.32. The number of ether oxygens (including phenoxy) is 3. The van der Waals surface area contributed by atoms with Gasteiger partial charge in [-0.25, -0.2) is 0 Å². The second-order valence-corrected chi connectivity index (χ2v) is 18.2. The molecule has 0 N–H and O–H groups in total. The van der Waals surface area contributed by atoms with E-state index in [9.17, 15) is 0 Å². The molecule has 2 heterocycles. The Bertz CT molecular complexity index is 434. The number of epoxide rings is 1. The van der Waals surface area contributed by atoms with E-state index in [0.717, 1.165) is 58.0 Å². The summed E-state index contributed by atoms with van der Waals surface area (Å²) in [4.78, 5) is 0. The van der Waals surface area contributed by atoms with E-state index in [1.54, 1.807) is 0 Å². The Morgan fingerprint density at radius 1 is 0.889 bits per heavy atom. The number of hydrogen-bond donors (Lipinski definition) is 0. The number of hydrogen-bond acceptors (Lipinski definition) is 7. The highest BCUT2D eigenvalue weighted by atomic mass is 28.5. The highest BCUT2D eigenvalue weighted by Crippen LogP contribution is 2.26. The van der Waals surface area contributed by atoms with E-state index in [4.69, 9.17) is 30.7 Å². The van der Waals surface area contributed by atoms with Gasteiger partial charge in [0.15, 0.2) is 0 Å². The first-order valence-corrected chi connectivity index (χ1v) is 19.2. The van der Waals surface area contributed by atoms with Crippen molar-refractivity contribution in [2.45, 2.75) is 82.6 Å². The second-order valence-electron chi connectivity index (χ2n) is 8.01. The summed E-state index contributed by atoms with van der Waals surface area (Å²) in [5, 5.41) is 0. The Morgan fingerprint density at radius 2 is 1.44 bits per heavy atom. The summed E-state index contributed by atoms with van der Waals surface area (Å²) in [6.45, 7) is 10.8. The molecule has 158 valence electrons. The van der Waals surface area contributed by atoms with E-state index in [0.29, 0.717) is 18.3 Å². The largest absolute Gasteiger partial charge is 0.420 e. The predicted octanol–water partition coefficient (Wildman–Crippen LogP) is 1.82. The minimum Gasteiger partial charge on any atom is -0.420 e. The monoisotopic (exact) mass is 452 g/mol. The van der Waals surface area contributed by atoms with Crippen LogP contribution in [0.4, 0.5) is 0 Å². The molecule has 0 aromatic carbocycles. The first-order chi connectivity index (χ1) is 12.9. The molecule has 11 heteroatoms. The molecule has 3 atom stereocenters. The van der Waals surface area contributed by atoms with E-state index in [2.05, 4.69) is 26.2 Å². The van der Waals surface area contributed by atoms with Gasteiger partial charge >= 0.3 is 8.56 Å². The summed E-state index contributed by atoms with van der Waals surface area (Å²) < 4.78 is 41.8. The quantitative estimate of drug-likeness (QED) is 0.316. The van der Waals surface area contributed by atoms with Gasteiger partial charge in [0.1, 0.15) is 6.10 Å². The zero-order valence-corrected chi connectivity index (χ0v) is 21.6. The molecule has 0 aromatic rings. The van der Waals surface area contributed by atoms with Gasteiger partial charge in [-0.15, -0.1) is 0 Å². The zero-order chi connectivity index (χ0) is 19.3. The number of rotatable bonds is 8. The highest BCUT2D eigenvalue weighted by Gasteiger charge is 2.39. The van der Waals surface area contributed by atoms with Crippen LogP contribution in [-0.4, -0.2) is 74.5 Å². The third-order valence-electron chi connectivity index (χ3n) is 5.27.